The maximum absolute atomic E-state index is 6.05. The highest BCUT2D eigenvalue weighted by Gasteiger charge is 2.38. The molecule has 0 aromatic rings. The summed E-state index contributed by atoms with van der Waals surface area (Å²) in [4.78, 5) is 0. The second-order valence-corrected chi connectivity index (χ2v) is 13.3. The summed E-state index contributed by atoms with van der Waals surface area (Å²) in [7, 11) is 1.87. The van der Waals surface area contributed by atoms with E-state index in [1.165, 1.54) is 89.9 Å². The minimum atomic E-state index is -0.256. The predicted octanol–water partition coefficient (Wildman–Crippen LogP) is 9.22. The van der Waals surface area contributed by atoms with Gasteiger partial charge in [0.05, 0.1) is 0 Å². The number of hydrogen-bond donors (Lipinski definition) is 0. The topological polar surface area (TPSA) is 9.23 Å². The van der Waals surface area contributed by atoms with Crippen molar-refractivity contribution in [3.05, 3.63) is 12.2 Å². The Morgan fingerprint density at radius 2 is 1.36 bits per heavy atom. The molecule has 36 heavy (non-hydrogen) atoms. The van der Waals surface area contributed by atoms with E-state index in [0.29, 0.717) is 5.92 Å². The molecule has 4 rings (SSSR count). The normalized spacial score (nSPS) is 41.7. The number of rotatable bonds is 5. The molecular formula is C35H54O. The van der Waals surface area contributed by atoms with E-state index in [1.54, 1.807) is 0 Å². The third-order valence-corrected chi connectivity index (χ3v) is 11.1. The average molecular weight is 491 g/mol. The molecule has 3 atom stereocenters. The van der Waals surface area contributed by atoms with Crippen LogP contribution < -0.4 is 0 Å². The van der Waals surface area contributed by atoms with Crippen molar-refractivity contribution >= 4 is 0 Å². The SMILES string of the molecule is C/C=C/CC1CCC(C2CCC(C#CC#CC3CC(C4CCC(C)CC4)CCC3C)(OC)CC2)CC1. The first kappa shape index (κ1) is 27.8. The van der Waals surface area contributed by atoms with Crippen LogP contribution in [0.3, 0.4) is 0 Å². The summed E-state index contributed by atoms with van der Waals surface area (Å²) in [6.07, 6.45) is 26.2. The summed E-state index contributed by atoms with van der Waals surface area (Å²) in [5, 5.41) is 0. The zero-order valence-electron chi connectivity index (χ0n) is 24.0. The zero-order valence-corrected chi connectivity index (χ0v) is 24.0. The van der Waals surface area contributed by atoms with Gasteiger partial charge in [-0.2, -0.15) is 0 Å². The molecule has 4 saturated carbocycles. The quantitative estimate of drug-likeness (QED) is 0.276. The number of hydrogen-bond acceptors (Lipinski definition) is 1. The first-order valence-electron chi connectivity index (χ1n) is 15.7. The first-order valence-corrected chi connectivity index (χ1v) is 15.7. The highest BCUT2D eigenvalue weighted by atomic mass is 16.5. The zero-order chi connectivity index (χ0) is 25.4. The fourth-order valence-electron chi connectivity index (χ4n) is 8.20. The molecule has 0 heterocycles. The Morgan fingerprint density at radius 3 is 2.03 bits per heavy atom. The molecule has 1 nitrogen and oxygen atoms in total. The van der Waals surface area contributed by atoms with Crippen molar-refractivity contribution in [3.8, 4) is 23.7 Å². The molecule has 0 aromatic carbocycles. The van der Waals surface area contributed by atoms with Crippen molar-refractivity contribution < 1.29 is 4.74 Å². The molecule has 0 aromatic heterocycles. The van der Waals surface area contributed by atoms with Gasteiger partial charge in [-0.3, -0.25) is 0 Å². The van der Waals surface area contributed by atoms with Crippen LogP contribution in [0.1, 0.15) is 124 Å². The van der Waals surface area contributed by atoms with Gasteiger partial charge in [0, 0.05) is 13.0 Å². The van der Waals surface area contributed by atoms with Crippen LogP contribution in [0.15, 0.2) is 12.2 Å². The lowest BCUT2D eigenvalue weighted by molar-refractivity contribution is -0.0125. The summed E-state index contributed by atoms with van der Waals surface area (Å²) < 4.78 is 6.05. The number of allylic oxidation sites excluding steroid dienone is 2. The van der Waals surface area contributed by atoms with Gasteiger partial charge in [0.15, 0.2) is 0 Å². The first-order chi connectivity index (χ1) is 17.5. The summed E-state index contributed by atoms with van der Waals surface area (Å²) in [6.45, 7) is 7.00. The molecule has 0 bridgehead atoms. The van der Waals surface area contributed by atoms with Gasteiger partial charge >= 0.3 is 0 Å². The van der Waals surface area contributed by atoms with Gasteiger partial charge < -0.3 is 4.74 Å². The Bertz CT molecular complexity index is 806. The standard InChI is InChI=1S/C35H54O/c1-5-6-9-29-14-19-30(20-15-29)32-21-24-35(36-4,25-22-32)23-8-7-10-33-26-34(18-13-28(33)3)31-16-11-27(2)12-17-31/h5-6,27-34H,9,11-22,24-26H2,1-4H3/b6-5+. The van der Waals surface area contributed by atoms with E-state index < -0.39 is 0 Å². The van der Waals surface area contributed by atoms with E-state index in [-0.39, 0.29) is 5.60 Å². The van der Waals surface area contributed by atoms with E-state index in [2.05, 4.69) is 56.6 Å². The Kier molecular flexibility index (Phi) is 10.5. The summed E-state index contributed by atoms with van der Waals surface area (Å²) in [5.74, 6) is 20.6. The Hall–Kier alpha value is -1.18. The molecular weight excluding hydrogens is 436 g/mol. The highest BCUT2D eigenvalue weighted by Crippen LogP contribution is 2.45. The van der Waals surface area contributed by atoms with Crippen molar-refractivity contribution in [1.29, 1.82) is 0 Å². The molecule has 3 unspecified atom stereocenters. The average Bonchev–Trinajstić information content (AvgIpc) is 2.92. The molecule has 0 saturated heterocycles. The summed E-state index contributed by atoms with van der Waals surface area (Å²) >= 11 is 0. The Morgan fingerprint density at radius 1 is 0.750 bits per heavy atom. The molecule has 4 aliphatic rings. The lowest BCUT2D eigenvalue weighted by Gasteiger charge is -2.40. The monoisotopic (exact) mass is 490 g/mol. The molecule has 4 fully saturated rings. The lowest BCUT2D eigenvalue weighted by Crippen LogP contribution is -2.37. The molecule has 4 aliphatic carbocycles. The van der Waals surface area contributed by atoms with E-state index in [9.17, 15) is 0 Å². The van der Waals surface area contributed by atoms with Gasteiger partial charge in [0.25, 0.3) is 0 Å². The molecule has 0 radical (unpaired) electrons. The predicted molar refractivity (Wildman–Crippen MR) is 153 cm³/mol. The van der Waals surface area contributed by atoms with Crippen LogP contribution in [0.5, 0.6) is 0 Å². The van der Waals surface area contributed by atoms with Crippen LogP contribution in [0, 0.1) is 71.0 Å². The Labute approximate surface area is 224 Å². The van der Waals surface area contributed by atoms with E-state index >= 15 is 0 Å². The van der Waals surface area contributed by atoms with Crippen LogP contribution in [0.25, 0.3) is 0 Å². The molecule has 200 valence electrons. The van der Waals surface area contributed by atoms with Gasteiger partial charge in [-0.05, 0) is 150 Å². The fraction of sp³-hybridized carbons (Fsp3) is 0.829. The van der Waals surface area contributed by atoms with Crippen molar-refractivity contribution in [3.63, 3.8) is 0 Å². The molecule has 0 N–H and O–H groups in total. The fourth-order valence-corrected chi connectivity index (χ4v) is 8.20. The van der Waals surface area contributed by atoms with Crippen LogP contribution in [0.2, 0.25) is 0 Å². The van der Waals surface area contributed by atoms with Gasteiger partial charge in [0.2, 0.25) is 0 Å². The minimum absolute atomic E-state index is 0.256. The summed E-state index contributed by atoms with van der Waals surface area (Å²) in [6, 6.07) is 0. The second-order valence-electron chi connectivity index (χ2n) is 13.3. The van der Waals surface area contributed by atoms with Crippen LogP contribution in [0.4, 0.5) is 0 Å². The van der Waals surface area contributed by atoms with E-state index in [1.807, 2.05) is 7.11 Å². The highest BCUT2D eigenvalue weighted by molar-refractivity contribution is 5.31. The third kappa shape index (κ3) is 7.44. The minimum Gasteiger partial charge on any atom is -0.366 e. The number of methoxy groups -OCH3 is 1. The van der Waals surface area contributed by atoms with Crippen molar-refractivity contribution in [2.45, 2.75) is 129 Å². The number of ether oxygens (including phenoxy) is 1. The van der Waals surface area contributed by atoms with Gasteiger partial charge in [-0.1, -0.05) is 50.7 Å². The van der Waals surface area contributed by atoms with E-state index in [4.69, 9.17) is 4.74 Å². The summed E-state index contributed by atoms with van der Waals surface area (Å²) in [5.41, 5.74) is -0.256. The smallest absolute Gasteiger partial charge is 0.129 e. The third-order valence-electron chi connectivity index (χ3n) is 11.1. The molecule has 0 spiro atoms. The van der Waals surface area contributed by atoms with E-state index in [0.717, 1.165) is 54.3 Å². The largest absolute Gasteiger partial charge is 0.366 e. The van der Waals surface area contributed by atoms with Gasteiger partial charge in [-0.25, -0.2) is 0 Å². The van der Waals surface area contributed by atoms with Crippen molar-refractivity contribution in [2.75, 3.05) is 7.11 Å². The van der Waals surface area contributed by atoms with Gasteiger partial charge in [0.1, 0.15) is 5.60 Å². The molecule has 0 aliphatic heterocycles. The Balaban J connectivity index is 1.26. The van der Waals surface area contributed by atoms with Crippen LogP contribution in [-0.4, -0.2) is 12.7 Å². The van der Waals surface area contributed by atoms with Crippen LogP contribution in [-0.2, 0) is 4.74 Å². The second kappa shape index (κ2) is 13.6. The van der Waals surface area contributed by atoms with Crippen molar-refractivity contribution in [1.82, 2.24) is 0 Å². The molecule has 1 heteroatoms. The maximum atomic E-state index is 6.05. The van der Waals surface area contributed by atoms with Crippen molar-refractivity contribution in [2.24, 2.45) is 47.3 Å². The maximum Gasteiger partial charge on any atom is 0.129 e. The molecule has 0 amide bonds. The van der Waals surface area contributed by atoms with Gasteiger partial charge in [-0.15, -0.1) is 0 Å². The lowest BCUT2D eigenvalue weighted by atomic mass is 9.66. The van der Waals surface area contributed by atoms with Crippen LogP contribution >= 0.6 is 0 Å².